The molecule has 112 valence electrons. The Morgan fingerprint density at radius 2 is 2.15 bits per heavy atom. The summed E-state index contributed by atoms with van der Waals surface area (Å²) < 4.78 is 1.67. The van der Waals surface area contributed by atoms with Crippen molar-refractivity contribution in [2.45, 2.75) is 45.6 Å². The lowest BCUT2D eigenvalue weighted by Crippen LogP contribution is -2.43. The minimum Gasteiger partial charge on any atom is -0.393 e. The second-order valence-corrected chi connectivity index (χ2v) is 6.13. The highest BCUT2D eigenvalue weighted by atomic mass is 16.3. The van der Waals surface area contributed by atoms with E-state index >= 15 is 0 Å². The highest BCUT2D eigenvalue weighted by molar-refractivity contribution is 5.92. The maximum Gasteiger partial charge on any atom is 0.272 e. The topological polar surface area (TPSA) is 58.4 Å². The molecule has 20 heavy (non-hydrogen) atoms. The second kappa shape index (κ2) is 5.95. The van der Waals surface area contributed by atoms with E-state index in [1.54, 1.807) is 11.6 Å². The second-order valence-electron chi connectivity index (χ2n) is 6.13. The van der Waals surface area contributed by atoms with Gasteiger partial charge in [-0.3, -0.25) is 9.48 Å². The quantitative estimate of drug-likeness (QED) is 0.917. The average Bonchev–Trinajstić information content (AvgIpc) is 2.80. The smallest absolute Gasteiger partial charge is 0.272 e. The standard InChI is InChI=1S/C15H25N3O2/c1-10(2)13-8-14(17(4)16-13)15(20)18-7-5-6-12(9-18)11(3)19/h8,10-12,19H,5-7,9H2,1-4H3. The van der Waals surface area contributed by atoms with E-state index in [1.807, 2.05) is 18.0 Å². The van der Waals surface area contributed by atoms with Crippen LogP contribution in [0, 0.1) is 5.92 Å². The fourth-order valence-electron chi connectivity index (χ4n) is 2.72. The van der Waals surface area contributed by atoms with Gasteiger partial charge >= 0.3 is 0 Å². The molecule has 0 aliphatic carbocycles. The van der Waals surface area contributed by atoms with Gasteiger partial charge in [-0.05, 0) is 31.7 Å². The van der Waals surface area contributed by atoms with Crippen LogP contribution in [0.25, 0.3) is 0 Å². The number of nitrogens with zero attached hydrogens (tertiary/aromatic N) is 3. The lowest BCUT2D eigenvalue weighted by molar-refractivity contribution is 0.0458. The molecule has 0 radical (unpaired) electrons. The first-order valence-corrected chi connectivity index (χ1v) is 7.41. The molecule has 0 aromatic carbocycles. The molecule has 0 spiro atoms. The van der Waals surface area contributed by atoms with Gasteiger partial charge in [0.05, 0.1) is 11.8 Å². The van der Waals surface area contributed by atoms with Gasteiger partial charge in [0, 0.05) is 26.1 Å². The van der Waals surface area contributed by atoms with Crippen molar-refractivity contribution in [1.82, 2.24) is 14.7 Å². The summed E-state index contributed by atoms with van der Waals surface area (Å²) >= 11 is 0. The molecular formula is C15H25N3O2. The first kappa shape index (κ1) is 15.0. The monoisotopic (exact) mass is 279 g/mol. The molecule has 1 fully saturated rings. The molecule has 1 aromatic rings. The Morgan fingerprint density at radius 3 is 2.70 bits per heavy atom. The van der Waals surface area contributed by atoms with Gasteiger partial charge < -0.3 is 10.0 Å². The molecule has 0 bridgehead atoms. The Bertz CT molecular complexity index is 479. The summed E-state index contributed by atoms with van der Waals surface area (Å²) in [6, 6.07) is 1.89. The zero-order valence-corrected chi connectivity index (χ0v) is 12.8. The fraction of sp³-hybridized carbons (Fsp3) is 0.733. The highest BCUT2D eigenvalue weighted by Crippen LogP contribution is 2.22. The number of carbonyl (C=O) groups is 1. The largest absolute Gasteiger partial charge is 0.393 e. The lowest BCUT2D eigenvalue weighted by Gasteiger charge is -2.34. The fourth-order valence-corrected chi connectivity index (χ4v) is 2.72. The third-order valence-electron chi connectivity index (χ3n) is 4.14. The Morgan fingerprint density at radius 1 is 1.45 bits per heavy atom. The maximum atomic E-state index is 12.6. The van der Waals surface area contributed by atoms with Crippen LogP contribution in [0.4, 0.5) is 0 Å². The van der Waals surface area contributed by atoms with Crippen molar-refractivity contribution in [3.63, 3.8) is 0 Å². The molecule has 5 heteroatoms. The van der Waals surface area contributed by atoms with Gasteiger partial charge in [-0.2, -0.15) is 5.10 Å². The van der Waals surface area contributed by atoms with Crippen molar-refractivity contribution in [3.05, 3.63) is 17.5 Å². The predicted molar refractivity (Wildman–Crippen MR) is 77.6 cm³/mol. The summed E-state index contributed by atoms with van der Waals surface area (Å²) in [5.74, 6) is 0.525. The third kappa shape index (κ3) is 3.03. The summed E-state index contributed by atoms with van der Waals surface area (Å²) in [6.07, 6.45) is 1.59. The average molecular weight is 279 g/mol. The molecule has 5 nitrogen and oxygen atoms in total. The number of aromatic nitrogens is 2. The van der Waals surface area contributed by atoms with Crippen LogP contribution >= 0.6 is 0 Å². The number of hydrogen-bond donors (Lipinski definition) is 1. The number of piperidine rings is 1. The van der Waals surface area contributed by atoms with Crippen LogP contribution in [0.5, 0.6) is 0 Å². The van der Waals surface area contributed by atoms with Gasteiger partial charge in [0.2, 0.25) is 0 Å². The minimum atomic E-state index is -0.358. The SMILES string of the molecule is CC(C)c1cc(C(=O)N2CCCC(C(C)O)C2)n(C)n1. The summed E-state index contributed by atoms with van der Waals surface area (Å²) in [6.45, 7) is 7.35. The van der Waals surface area contributed by atoms with E-state index in [1.165, 1.54) is 0 Å². The molecule has 1 saturated heterocycles. The number of hydrogen-bond acceptors (Lipinski definition) is 3. The number of carbonyl (C=O) groups excluding carboxylic acids is 1. The first-order valence-electron chi connectivity index (χ1n) is 7.41. The summed E-state index contributed by atoms with van der Waals surface area (Å²) in [5, 5.41) is 14.1. The summed E-state index contributed by atoms with van der Waals surface area (Å²) in [4.78, 5) is 14.5. The van der Waals surface area contributed by atoms with E-state index in [0.717, 1.165) is 25.1 Å². The van der Waals surface area contributed by atoms with Crippen molar-refractivity contribution in [2.24, 2.45) is 13.0 Å². The van der Waals surface area contributed by atoms with E-state index in [4.69, 9.17) is 0 Å². The van der Waals surface area contributed by atoms with E-state index < -0.39 is 0 Å². The van der Waals surface area contributed by atoms with Gasteiger partial charge in [0.1, 0.15) is 5.69 Å². The van der Waals surface area contributed by atoms with E-state index in [9.17, 15) is 9.90 Å². The van der Waals surface area contributed by atoms with Crippen LogP contribution in [0.1, 0.15) is 55.7 Å². The maximum absolute atomic E-state index is 12.6. The van der Waals surface area contributed by atoms with Crippen LogP contribution in [0.3, 0.4) is 0 Å². The van der Waals surface area contributed by atoms with Crippen molar-refractivity contribution in [3.8, 4) is 0 Å². The van der Waals surface area contributed by atoms with Gasteiger partial charge in [-0.1, -0.05) is 13.8 Å². The van der Waals surface area contributed by atoms with Gasteiger partial charge in [0.15, 0.2) is 0 Å². The molecule has 1 amide bonds. The van der Waals surface area contributed by atoms with Crippen LogP contribution < -0.4 is 0 Å². The third-order valence-corrected chi connectivity index (χ3v) is 4.14. The van der Waals surface area contributed by atoms with E-state index in [0.29, 0.717) is 18.2 Å². The number of rotatable bonds is 3. The van der Waals surface area contributed by atoms with Crippen molar-refractivity contribution in [1.29, 1.82) is 0 Å². The number of aliphatic hydroxyl groups is 1. The Hall–Kier alpha value is -1.36. The number of aliphatic hydroxyl groups excluding tert-OH is 1. The van der Waals surface area contributed by atoms with Gasteiger partial charge in [-0.15, -0.1) is 0 Å². The molecule has 2 heterocycles. The molecular weight excluding hydrogens is 254 g/mol. The van der Waals surface area contributed by atoms with Crippen LogP contribution in [-0.2, 0) is 7.05 Å². The molecule has 1 aliphatic heterocycles. The van der Waals surface area contributed by atoms with Gasteiger partial charge in [0.25, 0.3) is 5.91 Å². The molecule has 2 unspecified atom stereocenters. The molecule has 2 atom stereocenters. The Balaban J connectivity index is 2.14. The van der Waals surface area contributed by atoms with Crippen LogP contribution in [-0.4, -0.2) is 44.9 Å². The predicted octanol–water partition coefficient (Wildman–Crippen LogP) is 1.78. The Kier molecular flexibility index (Phi) is 4.48. The zero-order chi connectivity index (χ0) is 14.9. The number of amides is 1. The van der Waals surface area contributed by atoms with Crippen LogP contribution in [0.2, 0.25) is 0 Å². The van der Waals surface area contributed by atoms with Crippen molar-refractivity contribution in [2.75, 3.05) is 13.1 Å². The number of likely N-dealkylation sites (tertiary alicyclic amines) is 1. The van der Waals surface area contributed by atoms with Crippen molar-refractivity contribution < 1.29 is 9.90 Å². The lowest BCUT2D eigenvalue weighted by atomic mass is 9.93. The molecule has 2 rings (SSSR count). The highest BCUT2D eigenvalue weighted by Gasteiger charge is 2.28. The van der Waals surface area contributed by atoms with Crippen LogP contribution in [0.15, 0.2) is 6.07 Å². The number of aryl methyl sites for hydroxylation is 1. The molecule has 1 N–H and O–H groups in total. The van der Waals surface area contributed by atoms with Gasteiger partial charge in [-0.25, -0.2) is 0 Å². The normalized spacial score (nSPS) is 21.3. The first-order chi connectivity index (χ1) is 9.40. The van der Waals surface area contributed by atoms with E-state index in [2.05, 4.69) is 18.9 Å². The minimum absolute atomic E-state index is 0.0252. The Labute approximate surface area is 120 Å². The molecule has 1 aliphatic rings. The molecule has 0 saturated carbocycles. The van der Waals surface area contributed by atoms with Crippen molar-refractivity contribution >= 4 is 5.91 Å². The summed E-state index contributed by atoms with van der Waals surface area (Å²) in [7, 11) is 1.81. The molecule has 1 aromatic heterocycles. The summed E-state index contributed by atoms with van der Waals surface area (Å²) in [5.41, 5.74) is 1.58. The van der Waals surface area contributed by atoms with E-state index in [-0.39, 0.29) is 17.9 Å². The zero-order valence-electron chi connectivity index (χ0n) is 12.8.